The van der Waals surface area contributed by atoms with Crippen LogP contribution in [0.4, 0.5) is 0 Å². The van der Waals surface area contributed by atoms with E-state index in [4.69, 9.17) is 14.2 Å². The molecule has 3 atom stereocenters. The van der Waals surface area contributed by atoms with Gasteiger partial charge in [0.25, 0.3) is 0 Å². The summed E-state index contributed by atoms with van der Waals surface area (Å²) >= 11 is 0. The molecule has 4 nitrogen and oxygen atoms in total. The van der Waals surface area contributed by atoms with Gasteiger partial charge >= 0.3 is 5.97 Å². The molecule has 0 saturated carbocycles. The van der Waals surface area contributed by atoms with Crippen LogP contribution in [0, 0.1) is 5.92 Å². The van der Waals surface area contributed by atoms with Gasteiger partial charge in [0.2, 0.25) is 0 Å². The Hall–Kier alpha value is -0.610. The number of ether oxygens (including phenoxy) is 3. The summed E-state index contributed by atoms with van der Waals surface area (Å²) in [5, 5.41) is 0. The summed E-state index contributed by atoms with van der Waals surface area (Å²) in [6, 6.07) is 0. The van der Waals surface area contributed by atoms with Crippen molar-refractivity contribution in [1.82, 2.24) is 0 Å². The highest BCUT2D eigenvalue weighted by atomic mass is 16.7. The molecule has 4 heteroatoms. The monoisotopic (exact) mass is 218 g/mol. The van der Waals surface area contributed by atoms with E-state index >= 15 is 0 Å². The van der Waals surface area contributed by atoms with Crippen LogP contribution in [0.25, 0.3) is 0 Å². The topological polar surface area (TPSA) is 44.8 Å². The number of hydrogen-bond donors (Lipinski definition) is 0. The summed E-state index contributed by atoms with van der Waals surface area (Å²) in [5.74, 6) is -0.452. The zero-order valence-electron chi connectivity index (χ0n) is 10.3. The van der Waals surface area contributed by atoms with Gasteiger partial charge in [0, 0.05) is 6.61 Å². The Morgan fingerprint density at radius 3 is 2.27 bits per heavy atom. The summed E-state index contributed by atoms with van der Waals surface area (Å²) in [7, 11) is 1.39. The van der Waals surface area contributed by atoms with Gasteiger partial charge < -0.3 is 14.2 Å². The van der Waals surface area contributed by atoms with E-state index in [0.29, 0.717) is 13.0 Å². The maximum absolute atomic E-state index is 11.4. The zero-order valence-corrected chi connectivity index (χ0v) is 10.3. The Labute approximate surface area is 91.9 Å². The Bertz CT molecular complexity index is 181. The molecule has 0 aromatic heterocycles. The maximum atomic E-state index is 11.4. The first kappa shape index (κ1) is 14.4. The third-order valence-corrected chi connectivity index (χ3v) is 2.32. The molecule has 0 aliphatic heterocycles. The third-order valence-electron chi connectivity index (χ3n) is 2.32. The van der Waals surface area contributed by atoms with Gasteiger partial charge in [0.05, 0.1) is 19.1 Å². The number of rotatable bonds is 7. The lowest BCUT2D eigenvalue weighted by molar-refractivity contribution is -0.178. The van der Waals surface area contributed by atoms with E-state index in [1.54, 1.807) is 0 Å². The van der Waals surface area contributed by atoms with Gasteiger partial charge in [-0.3, -0.25) is 4.79 Å². The van der Waals surface area contributed by atoms with E-state index in [2.05, 4.69) is 0 Å². The first-order chi connectivity index (χ1) is 7.06. The highest BCUT2D eigenvalue weighted by Crippen LogP contribution is 2.15. The Morgan fingerprint density at radius 1 is 1.27 bits per heavy atom. The predicted molar refractivity (Wildman–Crippen MR) is 57.4 cm³/mol. The number of hydrogen-bond acceptors (Lipinski definition) is 4. The van der Waals surface area contributed by atoms with Crippen molar-refractivity contribution in [2.45, 2.75) is 46.5 Å². The lowest BCUT2D eigenvalue weighted by atomic mass is 10.0. The summed E-state index contributed by atoms with van der Waals surface area (Å²) < 4.78 is 15.5. The Balaban J connectivity index is 4.14. The molecule has 0 heterocycles. The van der Waals surface area contributed by atoms with Crippen LogP contribution >= 0.6 is 0 Å². The van der Waals surface area contributed by atoms with E-state index in [-0.39, 0.29) is 24.3 Å². The summed E-state index contributed by atoms with van der Waals surface area (Å²) in [4.78, 5) is 11.4. The van der Waals surface area contributed by atoms with Crippen molar-refractivity contribution in [3.05, 3.63) is 0 Å². The predicted octanol–water partition coefficient (Wildman–Crippen LogP) is 1.97. The van der Waals surface area contributed by atoms with E-state index < -0.39 is 0 Å². The van der Waals surface area contributed by atoms with Crippen molar-refractivity contribution in [2.75, 3.05) is 13.7 Å². The second-order valence-electron chi connectivity index (χ2n) is 3.40. The molecule has 0 bridgehead atoms. The molecule has 15 heavy (non-hydrogen) atoms. The van der Waals surface area contributed by atoms with E-state index in [0.717, 1.165) is 0 Å². The summed E-state index contributed by atoms with van der Waals surface area (Å²) in [6.45, 7) is 8.13. The molecule has 0 aromatic carbocycles. The van der Waals surface area contributed by atoms with Gasteiger partial charge in [-0.25, -0.2) is 0 Å². The summed E-state index contributed by atoms with van der Waals surface area (Å²) in [5.41, 5.74) is 0. The Morgan fingerprint density at radius 2 is 1.87 bits per heavy atom. The van der Waals surface area contributed by atoms with Gasteiger partial charge in [-0.05, 0) is 27.2 Å². The van der Waals surface area contributed by atoms with E-state index in [1.165, 1.54) is 7.11 Å². The van der Waals surface area contributed by atoms with Crippen molar-refractivity contribution in [1.29, 1.82) is 0 Å². The van der Waals surface area contributed by atoms with Crippen LogP contribution in [0.1, 0.15) is 34.1 Å². The maximum Gasteiger partial charge on any atom is 0.311 e. The van der Waals surface area contributed by atoms with Crippen LogP contribution in [0.5, 0.6) is 0 Å². The first-order valence-corrected chi connectivity index (χ1v) is 5.41. The minimum atomic E-state index is -0.288. The van der Waals surface area contributed by atoms with E-state index in [1.807, 2.05) is 27.7 Å². The second kappa shape index (κ2) is 7.65. The van der Waals surface area contributed by atoms with E-state index in [9.17, 15) is 4.79 Å². The van der Waals surface area contributed by atoms with Crippen molar-refractivity contribution in [2.24, 2.45) is 5.92 Å². The Kier molecular flexibility index (Phi) is 7.34. The van der Waals surface area contributed by atoms with Crippen molar-refractivity contribution in [3.63, 3.8) is 0 Å². The molecule has 0 saturated heterocycles. The average molecular weight is 218 g/mol. The molecule has 0 aliphatic rings. The highest BCUT2D eigenvalue weighted by molar-refractivity contribution is 5.72. The zero-order chi connectivity index (χ0) is 11.8. The molecular weight excluding hydrogens is 196 g/mol. The normalized spacial score (nSPS) is 16.9. The van der Waals surface area contributed by atoms with Crippen molar-refractivity contribution >= 4 is 5.97 Å². The molecule has 1 unspecified atom stereocenters. The van der Waals surface area contributed by atoms with Crippen LogP contribution < -0.4 is 0 Å². The van der Waals surface area contributed by atoms with Gasteiger partial charge in [0.1, 0.15) is 0 Å². The fourth-order valence-corrected chi connectivity index (χ4v) is 1.51. The second-order valence-corrected chi connectivity index (χ2v) is 3.40. The molecule has 0 aromatic rings. The summed E-state index contributed by atoms with van der Waals surface area (Å²) in [6.07, 6.45) is 0.222. The number of methoxy groups -OCH3 is 1. The van der Waals surface area contributed by atoms with Crippen LogP contribution in [0.15, 0.2) is 0 Å². The molecule has 0 fully saturated rings. The molecule has 90 valence electrons. The van der Waals surface area contributed by atoms with Crippen LogP contribution in [0.2, 0.25) is 0 Å². The SMILES string of the molecule is CCOC(C)O[C@H](C)[C@@H](CC)C(=O)OC. The van der Waals surface area contributed by atoms with Gasteiger partial charge in [0.15, 0.2) is 6.29 Å². The van der Waals surface area contributed by atoms with Crippen LogP contribution in [-0.4, -0.2) is 32.1 Å². The molecule has 0 N–H and O–H groups in total. The number of esters is 1. The molecular formula is C11H22O4. The standard InChI is InChI=1S/C11H22O4/c1-6-10(11(12)13-5)8(3)15-9(4)14-7-2/h8-10H,6-7H2,1-5H3/t8-,9?,10-/m1/s1. The smallest absolute Gasteiger partial charge is 0.311 e. The molecule has 0 spiro atoms. The van der Waals surface area contributed by atoms with Gasteiger partial charge in [-0.2, -0.15) is 0 Å². The van der Waals surface area contributed by atoms with Crippen LogP contribution in [-0.2, 0) is 19.0 Å². The minimum Gasteiger partial charge on any atom is -0.469 e. The quantitative estimate of drug-likeness (QED) is 0.484. The third kappa shape index (κ3) is 5.14. The highest BCUT2D eigenvalue weighted by Gasteiger charge is 2.26. The van der Waals surface area contributed by atoms with Gasteiger partial charge in [-0.1, -0.05) is 6.92 Å². The molecule has 0 rings (SSSR count). The fraction of sp³-hybridized carbons (Fsp3) is 0.909. The average Bonchev–Trinajstić information content (AvgIpc) is 2.18. The first-order valence-electron chi connectivity index (χ1n) is 5.41. The lowest BCUT2D eigenvalue weighted by Crippen LogP contribution is -2.32. The van der Waals surface area contributed by atoms with Crippen LogP contribution in [0.3, 0.4) is 0 Å². The molecule has 0 amide bonds. The van der Waals surface area contributed by atoms with Crippen molar-refractivity contribution < 1.29 is 19.0 Å². The lowest BCUT2D eigenvalue weighted by Gasteiger charge is -2.24. The number of carbonyl (C=O) groups excluding carboxylic acids is 1. The molecule has 0 aliphatic carbocycles. The van der Waals surface area contributed by atoms with Gasteiger partial charge in [-0.15, -0.1) is 0 Å². The fourth-order valence-electron chi connectivity index (χ4n) is 1.51. The molecule has 0 radical (unpaired) electrons. The minimum absolute atomic E-state index is 0.191. The largest absolute Gasteiger partial charge is 0.469 e. The number of carbonyl (C=O) groups is 1. The van der Waals surface area contributed by atoms with Crippen molar-refractivity contribution in [3.8, 4) is 0 Å².